The molecule has 1 aliphatic heterocycles. The molecular weight excluding hydrogens is 318 g/mol. The van der Waals surface area contributed by atoms with E-state index in [9.17, 15) is 5.11 Å². The molecule has 0 unspecified atom stereocenters. The number of aliphatic hydroxyl groups excluding tert-OH is 1. The monoisotopic (exact) mass is 343 g/mol. The fourth-order valence-electron chi connectivity index (χ4n) is 4.17. The van der Waals surface area contributed by atoms with Crippen LogP contribution in [0.25, 0.3) is 5.69 Å². The minimum atomic E-state index is -0.251. The third kappa shape index (κ3) is 2.71. The third-order valence-corrected chi connectivity index (χ3v) is 5.82. The predicted octanol–water partition coefficient (Wildman–Crippen LogP) is 1.73. The van der Waals surface area contributed by atoms with E-state index < -0.39 is 0 Å². The highest BCUT2D eigenvalue weighted by Crippen LogP contribution is 2.51. The topological polar surface area (TPSA) is 76.3 Å². The Hall–Kier alpha value is -1.99. The molecule has 1 aromatic heterocycles. The minimum absolute atomic E-state index is 0.0886. The fourth-order valence-corrected chi connectivity index (χ4v) is 4.17. The Bertz CT molecular complexity index is 719. The second-order valence-corrected chi connectivity index (χ2v) is 7.14. The van der Waals surface area contributed by atoms with Crippen molar-refractivity contribution < 1.29 is 9.84 Å². The number of piperidine rings is 1. The van der Waals surface area contributed by atoms with Gasteiger partial charge in [-0.3, -0.25) is 0 Å². The summed E-state index contributed by atoms with van der Waals surface area (Å²) in [5.74, 6) is 0.764. The summed E-state index contributed by atoms with van der Waals surface area (Å²) in [5, 5.41) is 22.6. The number of hydrogen-bond donors (Lipinski definition) is 1. The maximum absolute atomic E-state index is 10.4. The number of tetrazole rings is 1. The minimum Gasteiger partial charge on any atom is -0.392 e. The van der Waals surface area contributed by atoms with Crippen LogP contribution >= 0.6 is 0 Å². The molecule has 1 N–H and O–H groups in total. The molecule has 4 rings (SSSR count). The summed E-state index contributed by atoms with van der Waals surface area (Å²) in [4.78, 5) is 2.21. The van der Waals surface area contributed by atoms with E-state index in [2.05, 4.69) is 39.5 Å². The normalized spacial score (nSPS) is 25.2. The molecule has 1 aliphatic carbocycles. The SMILES string of the molecule is CCO[C@@H]1C[C@H](O)C12CCN(c1nnnn1-c1ccc(C)cc1)CC2. The van der Waals surface area contributed by atoms with Crippen LogP contribution in [-0.2, 0) is 4.74 Å². The van der Waals surface area contributed by atoms with Crippen molar-refractivity contribution in [3.63, 3.8) is 0 Å². The summed E-state index contributed by atoms with van der Waals surface area (Å²) < 4.78 is 7.63. The van der Waals surface area contributed by atoms with E-state index in [1.54, 1.807) is 4.68 Å². The largest absolute Gasteiger partial charge is 0.392 e. The van der Waals surface area contributed by atoms with Gasteiger partial charge in [0.2, 0.25) is 5.95 Å². The van der Waals surface area contributed by atoms with E-state index >= 15 is 0 Å². The van der Waals surface area contributed by atoms with Crippen molar-refractivity contribution in [3.8, 4) is 5.69 Å². The number of benzene rings is 1. The molecule has 25 heavy (non-hydrogen) atoms. The Kier molecular flexibility index (Phi) is 4.21. The Labute approximate surface area is 147 Å². The van der Waals surface area contributed by atoms with Crippen molar-refractivity contribution in [3.05, 3.63) is 29.8 Å². The van der Waals surface area contributed by atoms with Gasteiger partial charge in [0, 0.05) is 31.5 Å². The van der Waals surface area contributed by atoms with Crippen LogP contribution in [0.1, 0.15) is 31.7 Å². The summed E-state index contributed by atoms with van der Waals surface area (Å²) in [7, 11) is 0. The smallest absolute Gasteiger partial charge is 0.250 e. The number of rotatable bonds is 4. The van der Waals surface area contributed by atoms with Gasteiger partial charge < -0.3 is 14.7 Å². The highest BCUT2D eigenvalue weighted by atomic mass is 16.5. The second-order valence-electron chi connectivity index (χ2n) is 7.14. The lowest BCUT2D eigenvalue weighted by Crippen LogP contribution is -2.62. The lowest BCUT2D eigenvalue weighted by atomic mass is 9.58. The van der Waals surface area contributed by atoms with E-state index in [-0.39, 0.29) is 17.6 Å². The molecule has 0 bridgehead atoms. The zero-order chi connectivity index (χ0) is 17.4. The second kappa shape index (κ2) is 6.38. The van der Waals surface area contributed by atoms with Crippen LogP contribution in [0.15, 0.2) is 24.3 Å². The van der Waals surface area contributed by atoms with Crippen molar-refractivity contribution in [2.45, 2.75) is 45.3 Å². The quantitative estimate of drug-likeness (QED) is 0.911. The first kappa shape index (κ1) is 16.5. The first-order chi connectivity index (χ1) is 12.1. The number of aromatic nitrogens is 4. The molecule has 1 aromatic carbocycles. The Morgan fingerprint density at radius 1 is 1.24 bits per heavy atom. The van der Waals surface area contributed by atoms with Crippen molar-refractivity contribution >= 4 is 5.95 Å². The summed E-state index contributed by atoms with van der Waals surface area (Å²) >= 11 is 0. The van der Waals surface area contributed by atoms with Gasteiger partial charge in [0.1, 0.15) is 0 Å². The van der Waals surface area contributed by atoms with E-state index in [0.717, 1.165) is 44.0 Å². The fraction of sp³-hybridized carbons (Fsp3) is 0.611. The third-order valence-electron chi connectivity index (χ3n) is 5.82. The first-order valence-electron chi connectivity index (χ1n) is 9.04. The Balaban J connectivity index is 1.50. The number of aliphatic hydroxyl groups is 1. The summed E-state index contributed by atoms with van der Waals surface area (Å²) in [6.45, 7) is 6.44. The molecule has 2 atom stereocenters. The lowest BCUT2D eigenvalue weighted by molar-refractivity contribution is -0.199. The van der Waals surface area contributed by atoms with Crippen LogP contribution in [0.2, 0.25) is 0 Å². The number of aryl methyl sites for hydroxylation is 1. The van der Waals surface area contributed by atoms with Crippen LogP contribution < -0.4 is 4.90 Å². The van der Waals surface area contributed by atoms with Crippen molar-refractivity contribution in [2.24, 2.45) is 5.41 Å². The summed E-state index contributed by atoms with van der Waals surface area (Å²) in [5.41, 5.74) is 2.08. The average Bonchev–Trinajstić information content (AvgIpc) is 3.12. The van der Waals surface area contributed by atoms with Gasteiger partial charge in [-0.25, -0.2) is 0 Å². The maximum Gasteiger partial charge on any atom is 0.250 e. The standard InChI is InChI=1S/C18H25N5O2/c1-3-25-16-12-15(24)18(16)8-10-22(11-9-18)17-19-20-21-23(17)14-6-4-13(2)5-7-14/h4-7,15-16,24H,3,8-12H2,1-2H3/t15-,16+/m0/s1. The molecule has 0 amide bonds. The highest BCUT2D eigenvalue weighted by Gasteiger charge is 2.56. The van der Waals surface area contributed by atoms with Gasteiger partial charge in [-0.2, -0.15) is 4.68 Å². The van der Waals surface area contributed by atoms with Gasteiger partial charge in [-0.15, -0.1) is 0 Å². The lowest BCUT2D eigenvalue weighted by Gasteiger charge is -2.56. The molecule has 134 valence electrons. The van der Waals surface area contributed by atoms with Gasteiger partial charge in [-0.1, -0.05) is 22.8 Å². The zero-order valence-corrected chi connectivity index (χ0v) is 14.8. The van der Waals surface area contributed by atoms with E-state index in [1.807, 2.05) is 19.1 Å². The van der Waals surface area contributed by atoms with Crippen LogP contribution in [0, 0.1) is 12.3 Å². The maximum atomic E-state index is 10.4. The average molecular weight is 343 g/mol. The van der Waals surface area contributed by atoms with Gasteiger partial charge in [0.05, 0.1) is 17.9 Å². The zero-order valence-electron chi connectivity index (χ0n) is 14.8. The molecule has 1 saturated heterocycles. The summed E-state index contributed by atoms with van der Waals surface area (Å²) in [6.07, 6.45) is 2.50. The Morgan fingerprint density at radius 3 is 2.60 bits per heavy atom. The highest BCUT2D eigenvalue weighted by molar-refractivity contribution is 5.42. The van der Waals surface area contributed by atoms with Crippen LogP contribution in [0.5, 0.6) is 0 Å². The molecule has 7 heteroatoms. The Morgan fingerprint density at radius 2 is 1.96 bits per heavy atom. The molecule has 2 fully saturated rings. The molecule has 7 nitrogen and oxygen atoms in total. The number of nitrogens with zero attached hydrogens (tertiary/aromatic N) is 5. The van der Waals surface area contributed by atoms with Crippen LogP contribution in [0.3, 0.4) is 0 Å². The van der Waals surface area contributed by atoms with Crippen molar-refractivity contribution in [1.82, 2.24) is 20.2 Å². The van der Waals surface area contributed by atoms with E-state index in [0.29, 0.717) is 6.61 Å². The first-order valence-corrected chi connectivity index (χ1v) is 9.04. The number of anilines is 1. The number of hydrogen-bond acceptors (Lipinski definition) is 6. The molecule has 2 aliphatic rings. The van der Waals surface area contributed by atoms with Crippen LogP contribution in [0.4, 0.5) is 5.95 Å². The molecule has 2 heterocycles. The van der Waals surface area contributed by atoms with Gasteiger partial charge in [-0.05, 0) is 49.2 Å². The van der Waals surface area contributed by atoms with Crippen molar-refractivity contribution in [1.29, 1.82) is 0 Å². The molecule has 1 spiro atoms. The van der Waals surface area contributed by atoms with Gasteiger partial charge in [0.15, 0.2) is 0 Å². The van der Waals surface area contributed by atoms with E-state index in [1.165, 1.54) is 5.56 Å². The number of ether oxygens (including phenoxy) is 1. The van der Waals surface area contributed by atoms with Crippen LogP contribution in [-0.4, -0.2) is 57.2 Å². The molecular formula is C18H25N5O2. The molecule has 0 radical (unpaired) electrons. The molecule has 2 aromatic rings. The van der Waals surface area contributed by atoms with Gasteiger partial charge in [0.25, 0.3) is 0 Å². The van der Waals surface area contributed by atoms with E-state index in [4.69, 9.17) is 4.74 Å². The predicted molar refractivity (Wildman–Crippen MR) is 93.8 cm³/mol. The summed E-state index contributed by atoms with van der Waals surface area (Å²) in [6, 6.07) is 8.18. The molecule has 1 saturated carbocycles. The van der Waals surface area contributed by atoms with Gasteiger partial charge >= 0.3 is 0 Å². The van der Waals surface area contributed by atoms with Crippen molar-refractivity contribution in [2.75, 3.05) is 24.6 Å².